The summed E-state index contributed by atoms with van der Waals surface area (Å²) in [5.74, 6) is 0.738. The minimum atomic E-state index is -3.82. The van der Waals surface area contributed by atoms with E-state index in [1.54, 1.807) is 19.9 Å². The minimum Gasteiger partial charge on any atom is -0.490 e. The van der Waals surface area contributed by atoms with Gasteiger partial charge >= 0.3 is 0 Å². The van der Waals surface area contributed by atoms with Gasteiger partial charge in [-0.05, 0) is 32.4 Å². The molecule has 0 aliphatic carbocycles. The van der Waals surface area contributed by atoms with Crippen LogP contribution in [0, 0.1) is 0 Å². The fraction of sp³-hybridized carbons (Fsp3) is 0.625. The van der Waals surface area contributed by atoms with Crippen LogP contribution in [0.15, 0.2) is 23.1 Å². The highest BCUT2D eigenvalue weighted by molar-refractivity contribution is 7.92. The van der Waals surface area contributed by atoms with Gasteiger partial charge in [-0.15, -0.1) is 0 Å². The zero-order chi connectivity index (χ0) is 18.7. The highest BCUT2D eigenvalue weighted by Crippen LogP contribution is 2.32. The van der Waals surface area contributed by atoms with Crippen molar-refractivity contribution < 1.29 is 26.3 Å². The van der Waals surface area contributed by atoms with Gasteiger partial charge in [-0.3, -0.25) is 0 Å². The van der Waals surface area contributed by atoms with E-state index >= 15 is 0 Å². The van der Waals surface area contributed by atoms with Crippen molar-refractivity contribution in [3.63, 3.8) is 0 Å². The lowest BCUT2D eigenvalue weighted by Crippen LogP contribution is -2.40. The second-order valence-corrected chi connectivity index (χ2v) is 9.86. The number of hydrogen-bond acceptors (Lipinski definition) is 6. The first kappa shape index (κ1) is 20.0. The summed E-state index contributed by atoms with van der Waals surface area (Å²) in [6.07, 6.45) is 0.324. The van der Waals surface area contributed by atoms with Gasteiger partial charge < -0.3 is 9.47 Å². The van der Waals surface area contributed by atoms with Crippen molar-refractivity contribution in [1.29, 1.82) is 0 Å². The molecule has 1 heterocycles. The molecule has 1 aliphatic rings. The van der Waals surface area contributed by atoms with Crippen molar-refractivity contribution in [2.24, 2.45) is 0 Å². The van der Waals surface area contributed by atoms with Gasteiger partial charge in [-0.1, -0.05) is 6.92 Å². The average Bonchev–Trinajstić information content (AvgIpc) is 2.89. The average molecular weight is 392 g/mol. The van der Waals surface area contributed by atoms with Crippen molar-refractivity contribution in [3.05, 3.63) is 18.2 Å². The van der Waals surface area contributed by atoms with E-state index in [2.05, 4.69) is 0 Å². The van der Waals surface area contributed by atoms with Crippen LogP contribution in [0.25, 0.3) is 0 Å². The third-order valence-corrected chi connectivity index (χ3v) is 7.82. The highest BCUT2D eigenvalue weighted by Gasteiger charge is 2.38. The Morgan fingerprint density at radius 2 is 1.76 bits per heavy atom. The molecule has 7 nitrogen and oxygen atoms in total. The summed E-state index contributed by atoms with van der Waals surface area (Å²) in [4.78, 5) is 0.0746. The van der Waals surface area contributed by atoms with Crippen molar-refractivity contribution in [2.45, 2.75) is 38.1 Å². The van der Waals surface area contributed by atoms with Gasteiger partial charge in [0.15, 0.2) is 21.3 Å². The lowest BCUT2D eigenvalue weighted by molar-refractivity contribution is 0.286. The number of sulfone groups is 1. The molecular weight excluding hydrogens is 366 g/mol. The standard InChI is InChI=1S/C16H25NO6S2/c1-4-17(13-9-10-24(18,19)12-13)25(20,21)14-7-8-15(22-5-2)16(11-14)23-6-3/h7-8,11,13H,4-6,9-10,12H2,1-3H3/t13-/m0/s1. The van der Waals surface area contributed by atoms with E-state index in [-0.39, 0.29) is 22.9 Å². The number of ether oxygens (including phenoxy) is 2. The SMILES string of the molecule is CCOc1ccc(S(=O)(=O)N(CC)[C@H]2CCS(=O)(=O)C2)cc1OCC. The quantitative estimate of drug-likeness (QED) is 0.670. The normalized spacial score (nSPS) is 19.9. The molecule has 0 radical (unpaired) electrons. The first-order valence-corrected chi connectivity index (χ1v) is 11.6. The molecule has 0 unspecified atom stereocenters. The monoisotopic (exact) mass is 391 g/mol. The van der Waals surface area contributed by atoms with E-state index in [9.17, 15) is 16.8 Å². The Hall–Kier alpha value is -1.32. The van der Waals surface area contributed by atoms with Crippen LogP contribution in [-0.4, -0.2) is 58.4 Å². The van der Waals surface area contributed by atoms with Gasteiger partial charge in [0.25, 0.3) is 0 Å². The molecular formula is C16H25NO6S2. The fourth-order valence-corrected chi connectivity index (χ4v) is 6.46. The second kappa shape index (κ2) is 7.92. The van der Waals surface area contributed by atoms with E-state index in [1.807, 2.05) is 6.92 Å². The molecule has 0 spiro atoms. The van der Waals surface area contributed by atoms with E-state index < -0.39 is 25.9 Å². The molecule has 1 aromatic rings. The van der Waals surface area contributed by atoms with Crippen LogP contribution in [0.1, 0.15) is 27.2 Å². The summed E-state index contributed by atoms with van der Waals surface area (Å²) in [7, 11) is -7.00. The van der Waals surface area contributed by atoms with Gasteiger partial charge in [-0.2, -0.15) is 4.31 Å². The molecule has 142 valence electrons. The molecule has 1 saturated heterocycles. The van der Waals surface area contributed by atoms with Crippen molar-refractivity contribution in [2.75, 3.05) is 31.3 Å². The lowest BCUT2D eigenvalue weighted by Gasteiger charge is -2.26. The zero-order valence-corrected chi connectivity index (χ0v) is 16.4. The molecule has 1 aromatic carbocycles. The number of rotatable bonds is 8. The first-order chi connectivity index (χ1) is 11.7. The van der Waals surface area contributed by atoms with E-state index in [4.69, 9.17) is 9.47 Å². The Kier molecular flexibility index (Phi) is 6.34. The Morgan fingerprint density at radius 3 is 2.28 bits per heavy atom. The molecule has 0 N–H and O–H groups in total. The minimum absolute atomic E-state index is 0.0250. The maximum Gasteiger partial charge on any atom is 0.243 e. The predicted octanol–water partition coefficient (Wildman–Crippen LogP) is 1.68. The van der Waals surface area contributed by atoms with Crippen molar-refractivity contribution in [1.82, 2.24) is 4.31 Å². The van der Waals surface area contributed by atoms with Gasteiger partial charge in [0.1, 0.15) is 0 Å². The van der Waals surface area contributed by atoms with Crippen LogP contribution >= 0.6 is 0 Å². The summed E-state index contributed by atoms with van der Waals surface area (Å²) >= 11 is 0. The van der Waals surface area contributed by atoms with E-state index in [0.29, 0.717) is 31.1 Å². The van der Waals surface area contributed by atoms with Gasteiger partial charge in [0.05, 0.1) is 29.6 Å². The third kappa shape index (κ3) is 4.45. The van der Waals surface area contributed by atoms with Gasteiger partial charge in [-0.25, -0.2) is 16.8 Å². The molecule has 25 heavy (non-hydrogen) atoms. The van der Waals surface area contributed by atoms with Crippen LogP contribution < -0.4 is 9.47 Å². The zero-order valence-electron chi connectivity index (χ0n) is 14.8. The van der Waals surface area contributed by atoms with E-state index in [1.165, 1.54) is 16.4 Å². The molecule has 1 atom stereocenters. The molecule has 2 rings (SSSR count). The van der Waals surface area contributed by atoms with E-state index in [0.717, 1.165) is 0 Å². The fourth-order valence-electron chi connectivity index (χ4n) is 2.95. The van der Waals surface area contributed by atoms with Crippen LogP contribution in [-0.2, 0) is 19.9 Å². The number of hydrogen-bond donors (Lipinski definition) is 0. The third-order valence-electron chi connectivity index (χ3n) is 4.05. The van der Waals surface area contributed by atoms with Crippen LogP contribution in [0.2, 0.25) is 0 Å². The maximum absolute atomic E-state index is 13.0. The number of nitrogens with zero attached hydrogens (tertiary/aromatic N) is 1. The molecule has 1 aliphatic heterocycles. The Morgan fingerprint density at radius 1 is 1.12 bits per heavy atom. The largest absolute Gasteiger partial charge is 0.490 e. The smallest absolute Gasteiger partial charge is 0.243 e. The molecule has 1 fully saturated rings. The molecule has 9 heteroatoms. The molecule has 0 aromatic heterocycles. The molecule has 0 amide bonds. The summed E-state index contributed by atoms with van der Waals surface area (Å²) < 4.78 is 61.7. The lowest BCUT2D eigenvalue weighted by atomic mass is 10.3. The highest BCUT2D eigenvalue weighted by atomic mass is 32.2. The Balaban J connectivity index is 2.38. The second-order valence-electron chi connectivity index (χ2n) is 5.74. The maximum atomic E-state index is 13.0. The first-order valence-electron chi connectivity index (χ1n) is 8.37. The van der Waals surface area contributed by atoms with Crippen molar-refractivity contribution >= 4 is 19.9 Å². The number of sulfonamides is 1. The van der Waals surface area contributed by atoms with Crippen LogP contribution in [0.3, 0.4) is 0 Å². The summed E-state index contributed by atoms with van der Waals surface area (Å²) in [6, 6.07) is 3.95. The van der Waals surface area contributed by atoms with Gasteiger partial charge in [0.2, 0.25) is 10.0 Å². The molecule has 0 bridgehead atoms. The molecule has 0 saturated carbocycles. The summed E-state index contributed by atoms with van der Waals surface area (Å²) in [5.41, 5.74) is 0. The predicted molar refractivity (Wildman–Crippen MR) is 95.4 cm³/mol. The van der Waals surface area contributed by atoms with Crippen molar-refractivity contribution in [3.8, 4) is 11.5 Å². The Bertz CT molecular complexity index is 804. The Labute approximate surface area is 149 Å². The van der Waals surface area contributed by atoms with Gasteiger partial charge in [0, 0.05) is 18.7 Å². The van der Waals surface area contributed by atoms with Crippen LogP contribution in [0.5, 0.6) is 11.5 Å². The topological polar surface area (TPSA) is 90.0 Å². The number of benzene rings is 1. The summed E-state index contributed by atoms with van der Waals surface area (Å²) in [5, 5.41) is 0. The summed E-state index contributed by atoms with van der Waals surface area (Å²) in [6.45, 7) is 6.37. The van der Waals surface area contributed by atoms with Crippen LogP contribution in [0.4, 0.5) is 0 Å².